The van der Waals surface area contributed by atoms with Gasteiger partial charge in [0.25, 0.3) is 0 Å². The molecule has 52 heavy (non-hydrogen) atoms. The molecule has 0 atom stereocenters. The first-order valence-corrected chi connectivity index (χ1v) is 22.5. The Kier molecular flexibility index (Phi) is 39.8. The lowest BCUT2D eigenvalue weighted by molar-refractivity contribution is -0.137. The maximum absolute atomic E-state index is 13.5. The van der Waals surface area contributed by atoms with Crippen molar-refractivity contribution in [2.45, 2.75) is 206 Å². The Labute approximate surface area is 320 Å². The summed E-state index contributed by atoms with van der Waals surface area (Å²) in [6.45, 7) is 4.93. The van der Waals surface area contributed by atoms with Crippen LogP contribution >= 0.6 is 0 Å². The van der Waals surface area contributed by atoms with Gasteiger partial charge in [-0.15, -0.1) is 0 Å². The summed E-state index contributed by atoms with van der Waals surface area (Å²) in [5, 5.41) is 12.6. The van der Waals surface area contributed by atoms with Crippen LogP contribution in [0.15, 0.2) is 24.3 Å². The highest BCUT2D eigenvalue weighted by Gasteiger charge is 2.42. The Morgan fingerprint density at radius 3 is 1.21 bits per heavy atom. The average molecular weight is 759 g/mol. The van der Waals surface area contributed by atoms with Crippen molar-refractivity contribution in [3.8, 4) is 0 Å². The number of ketones is 2. The molecular formula is C42H82N2O7S. The van der Waals surface area contributed by atoms with Crippen LogP contribution in [0.2, 0.25) is 0 Å². The third kappa shape index (κ3) is 34.3. The molecule has 0 unspecified atom stereocenters. The minimum atomic E-state index is -4.16. The van der Waals surface area contributed by atoms with E-state index < -0.39 is 15.9 Å². The van der Waals surface area contributed by atoms with Crippen LogP contribution in [0.5, 0.6) is 0 Å². The third-order valence-corrected chi connectivity index (χ3v) is 9.97. The number of rotatable bonds is 38. The van der Waals surface area contributed by atoms with Crippen molar-refractivity contribution < 1.29 is 31.8 Å². The van der Waals surface area contributed by atoms with Gasteiger partial charge in [-0.3, -0.25) is 23.6 Å². The molecule has 0 radical (unpaired) electrons. The number of aliphatic hydroxyl groups is 1. The van der Waals surface area contributed by atoms with Gasteiger partial charge in [0, 0.05) is 19.4 Å². The molecule has 10 heteroatoms. The molecule has 5 N–H and O–H groups in total. The number of hydrogen-bond acceptors (Lipinski definition) is 8. The zero-order chi connectivity index (χ0) is 39.0. The number of carbonyl (C=O) groups excluding carboxylic acids is 2. The second kappa shape index (κ2) is 39.3. The molecule has 0 saturated carbocycles. The maximum Gasteiger partial charge on any atom is 0.397 e. The Morgan fingerprint density at radius 2 is 0.923 bits per heavy atom. The molecule has 0 bridgehead atoms. The van der Waals surface area contributed by atoms with Crippen molar-refractivity contribution in [3.63, 3.8) is 0 Å². The van der Waals surface area contributed by atoms with Crippen molar-refractivity contribution in [3.05, 3.63) is 24.3 Å². The predicted molar refractivity (Wildman–Crippen MR) is 219 cm³/mol. The van der Waals surface area contributed by atoms with E-state index in [0.717, 1.165) is 58.5 Å². The van der Waals surface area contributed by atoms with E-state index in [1.165, 1.54) is 116 Å². The molecule has 0 amide bonds. The van der Waals surface area contributed by atoms with E-state index in [-0.39, 0.29) is 31.3 Å². The van der Waals surface area contributed by atoms with E-state index in [2.05, 4.69) is 47.7 Å². The van der Waals surface area contributed by atoms with Gasteiger partial charge in [-0.1, -0.05) is 141 Å². The summed E-state index contributed by atoms with van der Waals surface area (Å²) in [6.07, 6.45) is 42.0. The van der Waals surface area contributed by atoms with Crippen molar-refractivity contribution in [1.29, 1.82) is 0 Å². The standard InChI is InChI=1S/C41H78N2O3.CH4O4S/c1-3-5-7-9-11-13-15-17-19-21-23-25-27-29-31-33-39(45)41(35-36-42,43-37-38-44)40(46)34-32-30-28-26-24-22-20-18-16-14-12-10-8-6-4-2;1-5-6(2,3)4/h17-20,43-44H,3-16,21-38,42H2,1-2H3;1H3,(H,2,3,4)/b19-17-,20-18-;. The number of β-amino-alcohol motifs (C(OH)–C–C–N with tert-alkyl or cyclic N) is 1. The summed E-state index contributed by atoms with van der Waals surface area (Å²) < 4.78 is 29.7. The van der Waals surface area contributed by atoms with Crippen molar-refractivity contribution in [2.75, 3.05) is 26.8 Å². The topological polar surface area (TPSA) is 156 Å². The minimum absolute atomic E-state index is 0.0400. The highest BCUT2D eigenvalue weighted by molar-refractivity contribution is 7.80. The van der Waals surface area contributed by atoms with Crippen LogP contribution in [0.25, 0.3) is 0 Å². The van der Waals surface area contributed by atoms with Gasteiger partial charge in [0.2, 0.25) is 0 Å². The van der Waals surface area contributed by atoms with Crippen LogP contribution in [0.1, 0.15) is 200 Å². The second-order valence-electron chi connectivity index (χ2n) is 14.2. The Balaban J connectivity index is 0. The molecule has 0 aliphatic carbocycles. The van der Waals surface area contributed by atoms with Gasteiger partial charge in [0.15, 0.2) is 11.6 Å². The number of Topliss-reactive ketones (excluding diaryl/α,β-unsaturated/α-hetero) is 2. The molecule has 0 fully saturated rings. The van der Waals surface area contributed by atoms with Gasteiger partial charge in [-0.25, -0.2) is 0 Å². The zero-order valence-corrected chi connectivity index (χ0v) is 34.7. The van der Waals surface area contributed by atoms with E-state index in [0.29, 0.717) is 19.3 Å². The molecular weight excluding hydrogens is 677 g/mol. The van der Waals surface area contributed by atoms with E-state index >= 15 is 0 Å². The number of unbranched alkanes of at least 4 members (excludes halogenated alkanes) is 22. The quantitative estimate of drug-likeness (QED) is 0.0208. The van der Waals surface area contributed by atoms with Crippen LogP contribution in [-0.2, 0) is 24.2 Å². The normalized spacial score (nSPS) is 12.1. The van der Waals surface area contributed by atoms with Gasteiger partial charge in [-0.05, 0) is 77.2 Å². The van der Waals surface area contributed by atoms with Crippen LogP contribution in [0.3, 0.4) is 0 Å². The maximum atomic E-state index is 13.5. The molecule has 0 aliphatic heterocycles. The lowest BCUT2D eigenvalue weighted by Crippen LogP contribution is -2.59. The monoisotopic (exact) mass is 759 g/mol. The van der Waals surface area contributed by atoms with E-state index in [4.69, 9.17) is 10.3 Å². The van der Waals surface area contributed by atoms with Gasteiger partial charge >= 0.3 is 10.4 Å². The van der Waals surface area contributed by atoms with Crippen LogP contribution in [0.4, 0.5) is 0 Å². The Bertz CT molecular complexity index is 917. The highest BCUT2D eigenvalue weighted by atomic mass is 32.3. The largest absolute Gasteiger partial charge is 0.397 e. The number of carbonyl (C=O) groups is 2. The molecule has 0 saturated heterocycles. The SMILES string of the molecule is CCCCCCCC/C=C\CCCCCCCC(=O)C(CCN)(NCCO)C(=O)CCCCCCC/C=C\CCCCCCCC.COS(=O)(=O)O. The van der Waals surface area contributed by atoms with Crippen LogP contribution < -0.4 is 11.1 Å². The molecule has 0 aromatic heterocycles. The van der Waals surface area contributed by atoms with E-state index in [1.807, 2.05) is 0 Å². The molecule has 0 aromatic carbocycles. The highest BCUT2D eigenvalue weighted by Crippen LogP contribution is 2.22. The van der Waals surface area contributed by atoms with Gasteiger partial charge in [0.1, 0.15) is 5.54 Å². The van der Waals surface area contributed by atoms with E-state index in [9.17, 15) is 23.1 Å². The second-order valence-corrected chi connectivity index (χ2v) is 15.4. The fourth-order valence-electron chi connectivity index (χ4n) is 6.35. The number of nitrogens with two attached hydrogens (primary N) is 1. The van der Waals surface area contributed by atoms with Crippen molar-refractivity contribution in [2.24, 2.45) is 5.73 Å². The summed E-state index contributed by atoms with van der Waals surface area (Å²) >= 11 is 0. The number of hydrogen-bond donors (Lipinski definition) is 4. The smallest absolute Gasteiger partial charge is 0.395 e. The molecule has 0 spiro atoms. The lowest BCUT2D eigenvalue weighted by atomic mass is 9.81. The van der Waals surface area contributed by atoms with Crippen molar-refractivity contribution >= 4 is 22.0 Å². The predicted octanol–water partition coefficient (Wildman–Crippen LogP) is 10.3. The molecule has 0 aliphatic rings. The van der Waals surface area contributed by atoms with Crippen LogP contribution in [-0.4, -0.2) is 62.0 Å². The van der Waals surface area contributed by atoms with Crippen molar-refractivity contribution in [1.82, 2.24) is 5.32 Å². The Morgan fingerprint density at radius 1 is 0.615 bits per heavy atom. The number of aliphatic hydroxyl groups excluding tert-OH is 1. The fraction of sp³-hybridized carbons (Fsp3) is 0.857. The molecule has 9 nitrogen and oxygen atoms in total. The zero-order valence-electron chi connectivity index (χ0n) is 33.9. The average Bonchev–Trinajstić information content (AvgIpc) is 3.13. The third-order valence-electron chi connectivity index (χ3n) is 9.55. The fourth-order valence-corrected chi connectivity index (χ4v) is 6.35. The summed E-state index contributed by atoms with van der Waals surface area (Å²) in [5.41, 5.74) is 4.68. The summed E-state index contributed by atoms with van der Waals surface area (Å²) in [5.74, 6) is -0.0800. The van der Waals surface area contributed by atoms with Gasteiger partial charge in [0.05, 0.1) is 13.7 Å². The number of nitrogens with one attached hydrogen (secondary N) is 1. The van der Waals surface area contributed by atoms with Crippen LogP contribution in [0, 0.1) is 0 Å². The molecule has 0 heterocycles. The van der Waals surface area contributed by atoms with Gasteiger partial charge in [-0.2, -0.15) is 8.42 Å². The Hall–Kier alpha value is -1.43. The summed E-state index contributed by atoms with van der Waals surface area (Å²) in [6, 6.07) is 0. The molecule has 0 rings (SSSR count). The molecule has 308 valence electrons. The molecule has 0 aromatic rings. The summed E-state index contributed by atoms with van der Waals surface area (Å²) in [4.78, 5) is 26.9. The lowest BCUT2D eigenvalue weighted by Gasteiger charge is -2.32. The summed E-state index contributed by atoms with van der Waals surface area (Å²) in [7, 11) is -3.29. The minimum Gasteiger partial charge on any atom is -0.395 e. The first-order valence-electron chi connectivity index (χ1n) is 21.1. The van der Waals surface area contributed by atoms with E-state index in [1.54, 1.807) is 0 Å². The number of allylic oxidation sites excluding steroid dienone is 4. The van der Waals surface area contributed by atoms with Gasteiger partial charge < -0.3 is 10.8 Å². The first-order chi connectivity index (χ1) is 25.1. The first kappa shape index (κ1) is 52.7.